The van der Waals surface area contributed by atoms with E-state index in [-0.39, 0.29) is 28.3 Å². The van der Waals surface area contributed by atoms with Crippen molar-refractivity contribution in [2.45, 2.75) is 32.6 Å². The van der Waals surface area contributed by atoms with Gasteiger partial charge in [0.25, 0.3) is 5.91 Å². The van der Waals surface area contributed by atoms with Gasteiger partial charge >= 0.3 is 0 Å². The van der Waals surface area contributed by atoms with E-state index in [0.29, 0.717) is 36.6 Å². The summed E-state index contributed by atoms with van der Waals surface area (Å²) in [5.41, 5.74) is 0.994. The van der Waals surface area contributed by atoms with Crippen LogP contribution >= 0.6 is 0 Å². The van der Waals surface area contributed by atoms with Crippen molar-refractivity contribution >= 4 is 33.3 Å². The lowest BCUT2D eigenvalue weighted by molar-refractivity contribution is 0.0791. The number of carbonyl (C=O) groups is 1. The highest BCUT2D eigenvalue weighted by Gasteiger charge is 2.31. The Kier molecular flexibility index (Phi) is 5.20. The first-order valence-corrected chi connectivity index (χ1v) is 12.2. The van der Waals surface area contributed by atoms with E-state index in [2.05, 4.69) is 12.2 Å². The molecule has 0 saturated carbocycles. The number of benzene rings is 3. The summed E-state index contributed by atoms with van der Waals surface area (Å²) in [6.07, 6.45) is 5.27. The fourth-order valence-corrected chi connectivity index (χ4v) is 5.14. The van der Waals surface area contributed by atoms with Gasteiger partial charge < -0.3 is 19.5 Å². The van der Waals surface area contributed by atoms with Crippen LogP contribution in [-0.4, -0.2) is 35.0 Å². The number of ether oxygens (including phenoxy) is 1. The first-order chi connectivity index (χ1) is 17.1. The number of fused-ring (bicyclic) bond motifs is 4. The maximum absolute atomic E-state index is 15.5. The van der Waals surface area contributed by atoms with Crippen LogP contribution in [0.1, 0.15) is 43.0 Å². The summed E-state index contributed by atoms with van der Waals surface area (Å²) in [5.74, 6) is -0.0257. The molecule has 0 spiro atoms. The smallest absolute Gasteiger partial charge is 0.259 e. The van der Waals surface area contributed by atoms with Crippen LogP contribution in [0, 0.1) is 5.82 Å². The second-order valence-electron chi connectivity index (χ2n) is 9.22. The highest BCUT2D eigenvalue weighted by molar-refractivity contribution is 6.03. The van der Waals surface area contributed by atoms with Gasteiger partial charge in [0.2, 0.25) is 5.43 Å². The topological polar surface area (TPSA) is 63.6 Å². The van der Waals surface area contributed by atoms with E-state index in [1.165, 1.54) is 6.07 Å². The highest BCUT2D eigenvalue weighted by atomic mass is 19.1. The number of nitrogens with one attached hydrogen (secondary N) is 1. The van der Waals surface area contributed by atoms with Crippen molar-refractivity contribution in [1.82, 2.24) is 9.47 Å². The summed E-state index contributed by atoms with van der Waals surface area (Å²) in [6.45, 7) is 3.90. The molecule has 1 fully saturated rings. The Balaban J connectivity index is 1.66. The first kappa shape index (κ1) is 21.6. The number of halogens is 1. The first-order valence-electron chi connectivity index (χ1n) is 12.2. The van der Waals surface area contributed by atoms with Crippen molar-refractivity contribution in [1.29, 1.82) is 0 Å². The molecule has 1 amide bonds. The molecule has 1 N–H and O–H groups in total. The Hall–Kier alpha value is -3.87. The monoisotopic (exact) mass is 471 g/mol. The summed E-state index contributed by atoms with van der Waals surface area (Å²) in [6, 6.07) is 13.0. The fourth-order valence-electron chi connectivity index (χ4n) is 5.14. The van der Waals surface area contributed by atoms with Crippen LogP contribution in [0.4, 0.5) is 10.1 Å². The van der Waals surface area contributed by atoms with Gasteiger partial charge in [-0.3, -0.25) is 9.59 Å². The lowest BCUT2D eigenvalue weighted by Crippen LogP contribution is -2.33. The molecule has 2 aliphatic rings. The van der Waals surface area contributed by atoms with Crippen LogP contribution in [0.2, 0.25) is 0 Å². The molecule has 35 heavy (non-hydrogen) atoms. The van der Waals surface area contributed by atoms with Gasteiger partial charge in [-0.1, -0.05) is 43.7 Å². The number of hydrogen-bond donors (Lipinski definition) is 1. The van der Waals surface area contributed by atoms with Crippen LogP contribution in [0.15, 0.2) is 53.5 Å². The molecule has 3 heterocycles. The average Bonchev–Trinajstić information content (AvgIpc) is 3.42. The minimum atomic E-state index is -0.568. The second kappa shape index (κ2) is 8.41. The van der Waals surface area contributed by atoms with Crippen molar-refractivity contribution in [2.24, 2.45) is 0 Å². The van der Waals surface area contributed by atoms with Crippen LogP contribution in [0.5, 0.6) is 11.5 Å². The molecule has 0 radical (unpaired) electrons. The van der Waals surface area contributed by atoms with Crippen LogP contribution in [0.25, 0.3) is 27.4 Å². The molecular formula is C28H26FN3O3. The maximum Gasteiger partial charge on any atom is 0.259 e. The largest absolute Gasteiger partial charge is 0.450 e. The van der Waals surface area contributed by atoms with Gasteiger partial charge in [0.1, 0.15) is 16.8 Å². The van der Waals surface area contributed by atoms with Crippen molar-refractivity contribution < 1.29 is 13.9 Å². The molecule has 3 aromatic carbocycles. The van der Waals surface area contributed by atoms with E-state index in [4.69, 9.17) is 4.74 Å². The third-order valence-electron chi connectivity index (χ3n) is 6.97. The van der Waals surface area contributed by atoms with Crippen molar-refractivity contribution in [3.63, 3.8) is 0 Å². The zero-order valence-corrected chi connectivity index (χ0v) is 19.6. The lowest BCUT2D eigenvalue weighted by Gasteiger charge is -2.27. The number of rotatable bonds is 5. The molecule has 0 unspecified atom stereocenters. The second-order valence-corrected chi connectivity index (χ2v) is 9.22. The molecule has 2 aliphatic heterocycles. The van der Waals surface area contributed by atoms with E-state index < -0.39 is 11.2 Å². The van der Waals surface area contributed by atoms with Crippen molar-refractivity contribution in [3.05, 3.63) is 70.3 Å². The third-order valence-corrected chi connectivity index (χ3v) is 6.97. The van der Waals surface area contributed by atoms with Gasteiger partial charge in [0, 0.05) is 31.2 Å². The fraction of sp³-hybridized carbons (Fsp3) is 0.286. The van der Waals surface area contributed by atoms with E-state index in [1.54, 1.807) is 11.1 Å². The number of hydrogen-bond acceptors (Lipinski definition) is 4. The van der Waals surface area contributed by atoms with Gasteiger partial charge in [0.05, 0.1) is 11.1 Å². The highest BCUT2D eigenvalue weighted by Crippen LogP contribution is 2.47. The Morgan fingerprint density at radius 2 is 1.89 bits per heavy atom. The molecule has 1 saturated heterocycles. The SMILES string of the molecule is CCCCNc1c(F)cc2c(=O)c(C(=O)N3CCCC3)cn3c2c1Oc1c-3ccc2ccccc12. The number of unbranched alkanes of at least 4 members (excludes halogenated alkanes) is 1. The van der Waals surface area contributed by atoms with Gasteiger partial charge in [-0.05, 0) is 36.8 Å². The molecular weight excluding hydrogens is 445 g/mol. The Bertz CT molecular complexity index is 1550. The average molecular weight is 472 g/mol. The summed E-state index contributed by atoms with van der Waals surface area (Å²) in [4.78, 5) is 28.5. The predicted molar refractivity (Wildman–Crippen MR) is 136 cm³/mol. The minimum Gasteiger partial charge on any atom is -0.450 e. The number of anilines is 1. The van der Waals surface area contributed by atoms with Crippen LogP contribution in [0.3, 0.4) is 0 Å². The normalized spacial score (nSPS) is 14.3. The summed E-state index contributed by atoms with van der Waals surface area (Å²) >= 11 is 0. The number of amides is 1. The quantitative estimate of drug-likeness (QED) is 0.327. The zero-order valence-electron chi connectivity index (χ0n) is 19.6. The number of nitrogens with zero attached hydrogens (tertiary/aromatic N) is 2. The zero-order chi connectivity index (χ0) is 24.1. The lowest BCUT2D eigenvalue weighted by atomic mass is 10.0. The molecule has 178 valence electrons. The van der Waals surface area contributed by atoms with Crippen LogP contribution < -0.4 is 15.5 Å². The van der Waals surface area contributed by atoms with Gasteiger partial charge in [0.15, 0.2) is 17.3 Å². The van der Waals surface area contributed by atoms with Gasteiger partial charge in [-0.25, -0.2) is 4.39 Å². The van der Waals surface area contributed by atoms with Gasteiger partial charge in [-0.2, -0.15) is 0 Å². The molecule has 0 aliphatic carbocycles. The van der Waals surface area contributed by atoms with E-state index in [1.807, 2.05) is 41.0 Å². The number of aromatic nitrogens is 1. The molecule has 0 atom stereocenters. The molecule has 0 bridgehead atoms. The van der Waals surface area contributed by atoms with Crippen molar-refractivity contribution in [2.75, 3.05) is 25.0 Å². The predicted octanol–water partition coefficient (Wildman–Crippen LogP) is 5.84. The molecule has 6 nitrogen and oxygen atoms in total. The summed E-state index contributed by atoms with van der Waals surface area (Å²) < 4.78 is 23.7. The standard InChI is InChI=1S/C28H26FN3O3/c1-2-3-12-30-23-21(29)15-19-24-27(23)35-26-18-9-5-4-8-17(18)10-11-22(26)32(24)16-20(25(19)33)28(34)31-13-6-7-14-31/h4-5,8-11,15-16,30H,2-3,6-7,12-14H2,1H3. The minimum absolute atomic E-state index is 0.0532. The number of carbonyl (C=O) groups excluding carboxylic acids is 1. The molecule has 7 heteroatoms. The Labute approximate surface area is 201 Å². The third kappa shape index (κ3) is 3.37. The number of pyridine rings is 1. The molecule has 1 aromatic heterocycles. The van der Waals surface area contributed by atoms with E-state index in [9.17, 15) is 9.59 Å². The van der Waals surface area contributed by atoms with E-state index in [0.717, 1.165) is 36.5 Å². The molecule has 6 rings (SSSR count). The van der Waals surface area contributed by atoms with Crippen LogP contribution in [-0.2, 0) is 0 Å². The summed E-state index contributed by atoms with van der Waals surface area (Å²) in [5, 5.41) is 5.18. The Morgan fingerprint density at radius 1 is 1.09 bits per heavy atom. The number of likely N-dealkylation sites (tertiary alicyclic amines) is 1. The Morgan fingerprint density at radius 3 is 2.69 bits per heavy atom. The summed E-state index contributed by atoms with van der Waals surface area (Å²) in [7, 11) is 0. The van der Waals surface area contributed by atoms with Crippen molar-refractivity contribution in [3.8, 4) is 17.2 Å². The van der Waals surface area contributed by atoms with Gasteiger partial charge in [-0.15, -0.1) is 0 Å². The van der Waals surface area contributed by atoms with E-state index >= 15 is 4.39 Å². The maximum atomic E-state index is 15.5. The molecule has 4 aromatic rings.